The summed E-state index contributed by atoms with van der Waals surface area (Å²) in [6.45, 7) is 33.6. The van der Waals surface area contributed by atoms with Crippen molar-refractivity contribution in [2.75, 3.05) is 6.54 Å². The second-order valence-electron chi connectivity index (χ2n) is 15.8. The molecule has 0 heterocycles. The van der Waals surface area contributed by atoms with Gasteiger partial charge in [-0.25, -0.2) is 0 Å². The van der Waals surface area contributed by atoms with Crippen LogP contribution in [-0.4, -0.2) is 35.2 Å². The van der Waals surface area contributed by atoms with E-state index in [1.54, 1.807) is 6.21 Å². The number of aryl methyl sites for hydroxylation is 1. The van der Waals surface area contributed by atoms with Crippen LogP contribution in [0.3, 0.4) is 0 Å². The number of aliphatic imine (C=N–C) groups is 2. The van der Waals surface area contributed by atoms with Gasteiger partial charge in [-0.05, 0) is 73.6 Å². The Kier molecular flexibility index (Phi) is 22.3. The maximum Gasteiger partial charge on any atom is 2.00 e. The van der Waals surface area contributed by atoms with Crippen LogP contribution in [-0.2, 0) is 43.5 Å². The first-order valence-electron chi connectivity index (χ1n) is 18.2. The molecule has 2 N–H and O–H groups in total. The van der Waals surface area contributed by atoms with E-state index >= 15 is 0 Å². The number of hydrogen-bond donors (Lipinski definition) is 2. The van der Waals surface area contributed by atoms with Crippen LogP contribution in [0.5, 0.6) is 11.5 Å². The Morgan fingerprint density at radius 3 is 1.48 bits per heavy atom. The van der Waals surface area contributed by atoms with Crippen LogP contribution in [0.4, 0.5) is 0 Å². The van der Waals surface area contributed by atoms with E-state index in [0.717, 1.165) is 58.3 Å². The number of phenolic OH excluding ortho intramolecular Hbond substituents is 2. The average Bonchev–Trinajstić information content (AvgIpc) is 3.03. The molecule has 280 valence electrons. The summed E-state index contributed by atoms with van der Waals surface area (Å²) in [7, 11) is 0. The second kappa shape index (κ2) is 23.9. The molecular weight excluding hydrogens is 716 g/mol. The number of aromatic hydroxyl groups is 2. The van der Waals surface area contributed by atoms with Crippen molar-refractivity contribution < 1.29 is 36.4 Å². The van der Waals surface area contributed by atoms with E-state index in [1.165, 1.54) is 5.56 Å². The molecule has 0 radical (unpaired) electrons. The van der Waals surface area contributed by atoms with Crippen molar-refractivity contribution in [3.63, 3.8) is 0 Å². The van der Waals surface area contributed by atoms with E-state index < -0.39 is 0 Å². The van der Waals surface area contributed by atoms with Gasteiger partial charge in [0, 0.05) is 47.3 Å². The van der Waals surface area contributed by atoms with Gasteiger partial charge in [-0.3, -0.25) is 9.98 Å². The number of rotatable bonds is 7. The van der Waals surface area contributed by atoms with Crippen LogP contribution in [0.1, 0.15) is 127 Å². The largest absolute Gasteiger partial charge is 2.00 e. The maximum absolute atomic E-state index is 10.5. The molecule has 5 heteroatoms. The molecule has 4 aromatic carbocycles. The Morgan fingerprint density at radius 1 is 0.673 bits per heavy atom. The topological polar surface area (TPSA) is 65.2 Å². The quantitative estimate of drug-likeness (QED) is 0.145. The Morgan fingerprint density at radius 2 is 1.12 bits per heavy atom. The third-order valence-electron chi connectivity index (χ3n) is 7.52. The van der Waals surface area contributed by atoms with Gasteiger partial charge in [0.2, 0.25) is 0 Å². The Balaban J connectivity index is 0.000000725. The van der Waals surface area contributed by atoms with Gasteiger partial charge in [0.1, 0.15) is 11.5 Å². The standard InChI is InChI=1S/C18H29NO.C15H23NO.2C7H7.Zr/c1-7-8-19-12-15-10-14(9-13(2)3)11-16(17(15)20)18(4,5)6;1-10(2)16-9-12-7-11(3)8-13(14(12)17)15(4,5)6;2*1-7-5-3-2-4-6-7;/h10-13,20H,7-9H2,1-6H3;7-10,17H,1-6H3;2*2-6H,1H2;/q;;2*-1;+2. The van der Waals surface area contributed by atoms with Gasteiger partial charge < -0.3 is 10.2 Å². The van der Waals surface area contributed by atoms with Crippen LogP contribution in [0, 0.1) is 26.7 Å². The normalized spacial score (nSPS) is 11.3. The molecule has 0 spiro atoms. The van der Waals surface area contributed by atoms with Gasteiger partial charge in [0.05, 0.1) is 0 Å². The third kappa shape index (κ3) is 19.3. The first kappa shape index (κ1) is 48.4. The minimum atomic E-state index is -0.0651. The third-order valence-corrected chi connectivity index (χ3v) is 7.52. The van der Waals surface area contributed by atoms with Crippen LogP contribution >= 0.6 is 0 Å². The van der Waals surface area contributed by atoms with Crippen molar-refractivity contribution in [1.82, 2.24) is 0 Å². The molecule has 4 nitrogen and oxygen atoms in total. The zero-order valence-corrected chi connectivity index (χ0v) is 36.7. The second-order valence-corrected chi connectivity index (χ2v) is 15.8. The van der Waals surface area contributed by atoms with Gasteiger partial charge in [-0.15, -0.1) is 24.3 Å². The van der Waals surface area contributed by atoms with Gasteiger partial charge in [-0.2, -0.15) is 49.2 Å². The predicted molar refractivity (Wildman–Crippen MR) is 224 cm³/mol. The molecule has 0 bridgehead atoms. The SMILES string of the molecule is CCCN=Cc1cc(CC(C)C)cc(C(C)(C)C)c1O.Cc1cc(C=NC(C)C)c(O)c(C(C)(C)C)c1.[CH2-]c1ccccc1.[CH2-]c1ccccc1.[Zr+2]. The van der Waals surface area contributed by atoms with Crippen molar-refractivity contribution in [2.45, 2.75) is 113 Å². The predicted octanol–water partition coefficient (Wildman–Crippen LogP) is 12.3. The molecule has 0 unspecified atom stereocenters. The van der Waals surface area contributed by atoms with E-state index in [9.17, 15) is 10.2 Å². The van der Waals surface area contributed by atoms with E-state index in [4.69, 9.17) is 0 Å². The Labute approximate surface area is 337 Å². The van der Waals surface area contributed by atoms with Crippen LogP contribution in [0.2, 0.25) is 0 Å². The van der Waals surface area contributed by atoms with Gasteiger partial charge >= 0.3 is 26.2 Å². The summed E-state index contributed by atoms with van der Waals surface area (Å²) in [4.78, 5) is 8.71. The van der Waals surface area contributed by atoms with Gasteiger partial charge in [-0.1, -0.05) is 86.6 Å². The van der Waals surface area contributed by atoms with E-state index in [2.05, 4.69) is 98.3 Å². The average molecular weight is 782 g/mol. The summed E-state index contributed by atoms with van der Waals surface area (Å²) >= 11 is 0. The summed E-state index contributed by atoms with van der Waals surface area (Å²) in [6, 6.07) is 28.2. The minimum Gasteiger partial charge on any atom is -0.507 e. The van der Waals surface area contributed by atoms with Crippen molar-refractivity contribution in [2.24, 2.45) is 15.9 Å². The molecule has 4 rings (SSSR count). The molecule has 0 saturated heterocycles. The molecule has 0 aliphatic carbocycles. The smallest absolute Gasteiger partial charge is 0.507 e. The van der Waals surface area contributed by atoms with Crippen LogP contribution in [0.25, 0.3) is 0 Å². The van der Waals surface area contributed by atoms with Crippen LogP contribution in [0.15, 0.2) is 94.9 Å². The Hall–Kier alpha value is -3.56. The zero-order chi connectivity index (χ0) is 38.8. The molecule has 52 heavy (non-hydrogen) atoms. The molecule has 0 fully saturated rings. The Bertz CT molecular complexity index is 1590. The molecule has 0 atom stereocenters. The van der Waals surface area contributed by atoms with E-state index in [0.29, 0.717) is 17.4 Å². The van der Waals surface area contributed by atoms with Crippen LogP contribution < -0.4 is 0 Å². The van der Waals surface area contributed by atoms with Crippen molar-refractivity contribution in [1.29, 1.82) is 0 Å². The van der Waals surface area contributed by atoms with E-state index in [-0.39, 0.29) is 43.1 Å². The molecule has 0 aromatic heterocycles. The summed E-state index contributed by atoms with van der Waals surface area (Å²) in [6.07, 6.45) is 5.63. The molecule has 4 aromatic rings. The number of phenols is 2. The first-order chi connectivity index (χ1) is 23.8. The van der Waals surface area contributed by atoms with Crippen molar-refractivity contribution >= 4 is 12.4 Å². The number of hydrogen-bond acceptors (Lipinski definition) is 4. The summed E-state index contributed by atoms with van der Waals surface area (Å²) < 4.78 is 0. The van der Waals surface area contributed by atoms with Crippen molar-refractivity contribution in [3.05, 3.63) is 143 Å². The number of nitrogens with zero attached hydrogens (tertiary/aromatic N) is 2. The molecule has 0 amide bonds. The zero-order valence-electron chi connectivity index (χ0n) is 34.2. The fourth-order valence-corrected chi connectivity index (χ4v) is 4.93. The fourth-order valence-electron chi connectivity index (χ4n) is 4.93. The summed E-state index contributed by atoms with van der Waals surface area (Å²) in [5.41, 5.74) is 8.09. The fraction of sp³-hybridized carbons (Fsp3) is 0.404. The monoisotopic (exact) mass is 780 g/mol. The molecule has 0 saturated carbocycles. The maximum atomic E-state index is 10.5. The molecule has 0 aliphatic rings. The summed E-state index contributed by atoms with van der Waals surface area (Å²) in [5, 5.41) is 20.8. The van der Waals surface area contributed by atoms with Gasteiger partial charge in [0.15, 0.2) is 0 Å². The van der Waals surface area contributed by atoms with E-state index in [1.807, 2.05) is 99.8 Å². The molecule has 0 aliphatic heterocycles. The first-order valence-corrected chi connectivity index (χ1v) is 18.2. The number of benzene rings is 4. The molecular formula is C47H66N2O2Zr. The van der Waals surface area contributed by atoms with Gasteiger partial charge in [0.25, 0.3) is 0 Å². The summed E-state index contributed by atoms with van der Waals surface area (Å²) in [5.74, 6) is 1.34. The van der Waals surface area contributed by atoms with Crippen molar-refractivity contribution in [3.8, 4) is 11.5 Å². The minimum absolute atomic E-state index is 0.